The van der Waals surface area contributed by atoms with Crippen molar-refractivity contribution in [3.8, 4) is 0 Å². The first-order valence-corrected chi connectivity index (χ1v) is 7.66. The van der Waals surface area contributed by atoms with Crippen LogP contribution in [-0.2, 0) is 4.79 Å². The highest BCUT2D eigenvalue weighted by molar-refractivity contribution is 5.83. The summed E-state index contributed by atoms with van der Waals surface area (Å²) in [6.07, 6.45) is 5.31. The van der Waals surface area contributed by atoms with Gasteiger partial charge in [-0.1, -0.05) is 20.3 Å². The number of hydrogen-bond donors (Lipinski definition) is 3. The van der Waals surface area contributed by atoms with Gasteiger partial charge in [-0.2, -0.15) is 0 Å². The standard InChI is InChI=1S/C15H30N2O2/c1-4-6-15(7-10-16-11-8-15)13(19)17-14(3,5-2)9-12-18/h16,18H,4-12H2,1-3H3,(H,17,19). The molecule has 0 aliphatic carbocycles. The van der Waals surface area contributed by atoms with Gasteiger partial charge in [0.05, 0.1) is 5.41 Å². The van der Waals surface area contributed by atoms with Gasteiger partial charge in [-0.15, -0.1) is 0 Å². The minimum absolute atomic E-state index is 0.118. The van der Waals surface area contributed by atoms with Gasteiger partial charge >= 0.3 is 0 Å². The third-order valence-corrected chi connectivity index (χ3v) is 4.63. The molecule has 4 nitrogen and oxygen atoms in total. The Hall–Kier alpha value is -0.610. The van der Waals surface area contributed by atoms with Crippen LogP contribution in [-0.4, -0.2) is 36.2 Å². The van der Waals surface area contributed by atoms with Crippen molar-refractivity contribution in [1.82, 2.24) is 10.6 Å². The van der Waals surface area contributed by atoms with Crippen LogP contribution < -0.4 is 10.6 Å². The summed E-state index contributed by atoms with van der Waals surface area (Å²) in [6, 6.07) is 0. The fraction of sp³-hybridized carbons (Fsp3) is 0.933. The van der Waals surface area contributed by atoms with Crippen molar-refractivity contribution in [2.45, 2.75) is 64.8 Å². The van der Waals surface area contributed by atoms with E-state index >= 15 is 0 Å². The molecule has 1 aliphatic rings. The Kier molecular flexibility index (Phi) is 6.27. The van der Waals surface area contributed by atoms with Crippen LogP contribution in [0.25, 0.3) is 0 Å². The number of aliphatic hydroxyl groups is 1. The molecule has 1 fully saturated rings. The minimum Gasteiger partial charge on any atom is -0.396 e. The third kappa shape index (κ3) is 4.18. The predicted molar refractivity (Wildman–Crippen MR) is 78.0 cm³/mol. The summed E-state index contributed by atoms with van der Waals surface area (Å²) >= 11 is 0. The van der Waals surface area contributed by atoms with E-state index in [1.807, 2.05) is 6.92 Å². The summed E-state index contributed by atoms with van der Waals surface area (Å²) in [5.74, 6) is 0.189. The summed E-state index contributed by atoms with van der Waals surface area (Å²) < 4.78 is 0. The molecule has 4 heteroatoms. The second-order valence-corrected chi connectivity index (χ2v) is 6.12. The van der Waals surface area contributed by atoms with Crippen LogP contribution in [0.3, 0.4) is 0 Å². The van der Waals surface area contributed by atoms with Gasteiger partial charge in [-0.05, 0) is 52.1 Å². The van der Waals surface area contributed by atoms with E-state index in [1.165, 1.54) is 0 Å². The fourth-order valence-corrected chi connectivity index (χ4v) is 2.96. The van der Waals surface area contributed by atoms with Crippen molar-refractivity contribution in [1.29, 1.82) is 0 Å². The Morgan fingerprint density at radius 3 is 2.47 bits per heavy atom. The van der Waals surface area contributed by atoms with Crippen molar-refractivity contribution in [3.05, 3.63) is 0 Å². The van der Waals surface area contributed by atoms with Crippen molar-refractivity contribution >= 4 is 5.91 Å². The summed E-state index contributed by atoms with van der Waals surface area (Å²) in [7, 11) is 0. The zero-order valence-electron chi connectivity index (χ0n) is 12.7. The van der Waals surface area contributed by atoms with E-state index in [4.69, 9.17) is 5.11 Å². The highest BCUT2D eigenvalue weighted by Crippen LogP contribution is 2.35. The molecular weight excluding hydrogens is 240 g/mol. The lowest BCUT2D eigenvalue weighted by atomic mass is 9.74. The predicted octanol–water partition coefficient (Wildman–Crippen LogP) is 1.82. The number of aliphatic hydroxyl groups excluding tert-OH is 1. The first kappa shape index (κ1) is 16.4. The zero-order chi connectivity index (χ0) is 14.4. The van der Waals surface area contributed by atoms with Gasteiger partial charge in [0.1, 0.15) is 0 Å². The normalized spacial score (nSPS) is 21.7. The summed E-state index contributed by atoms with van der Waals surface area (Å²) in [6.45, 7) is 8.20. The molecule has 0 aromatic heterocycles. The van der Waals surface area contributed by atoms with Crippen LogP contribution in [0.15, 0.2) is 0 Å². The van der Waals surface area contributed by atoms with Gasteiger partial charge in [0.25, 0.3) is 0 Å². The number of amides is 1. The van der Waals surface area contributed by atoms with Crippen molar-refractivity contribution in [3.63, 3.8) is 0 Å². The maximum atomic E-state index is 12.7. The van der Waals surface area contributed by atoms with E-state index in [0.29, 0.717) is 6.42 Å². The Morgan fingerprint density at radius 2 is 2.00 bits per heavy atom. The highest BCUT2D eigenvalue weighted by atomic mass is 16.3. The van der Waals surface area contributed by atoms with Crippen LogP contribution in [0.4, 0.5) is 0 Å². The fourth-order valence-electron chi connectivity index (χ4n) is 2.96. The van der Waals surface area contributed by atoms with E-state index in [1.54, 1.807) is 0 Å². The number of carbonyl (C=O) groups excluding carboxylic acids is 1. The molecule has 0 aromatic rings. The molecule has 0 aromatic carbocycles. The summed E-state index contributed by atoms with van der Waals surface area (Å²) in [5, 5.41) is 15.7. The number of rotatable bonds is 7. The van der Waals surface area contributed by atoms with E-state index < -0.39 is 0 Å². The first-order chi connectivity index (χ1) is 9.02. The van der Waals surface area contributed by atoms with E-state index in [9.17, 15) is 4.79 Å². The lowest BCUT2D eigenvalue weighted by Crippen LogP contribution is -2.54. The van der Waals surface area contributed by atoms with Gasteiger partial charge in [0.15, 0.2) is 0 Å². The molecule has 1 aliphatic heterocycles. The molecule has 1 heterocycles. The maximum Gasteiger partial charge on any atom is 0.226 e. The molecule has 0 bridgehead atoms. The maximum absolute atomic E-state index is 12.7. The number of nitrogens with one attached hydrogen (secondary N) is 2. The lowest BCUT2D eigenvalue weighted by Gasteiger charge is -2.40. The van der Waals surface area contributed by atoms with E-state index in [2.05, 4.69) is 24.5 Å². The molecule has 1 atom stereocenters. The number of piperidine rings is 1. The first-order valence-electron chi connectivity index (χ1n) is 7.66. The van der Waals surface area contributed by atoms with E-state index in [-0.39, 0.29) is 23.5 Å². The van der Waals surface area contributed by atoms with Crippen molar-refractivity contribution in [2.24, 2.45) is 5.41 Å². The quantitative estimate of drug-likeness (QED) is 0.661. The molecule has 112 valence electrons. The molecule has 1 amide bonds. The second-order valence-electron chi connectivity index (χ2n) is 6.12. The molecule has 0 spiro atoms. The molecule has 19 heavy (non-hydrogen) atoms. The Bertz CT molecular complexity index is 282. The Labute approximate surface area is 117 Å². The number of hydrogen-bond acceptors (Lipinski definition) is 3. The van der Waals surface area contributed by atoms with Crippen LogP contribution >= 0.6 is 0 Å². The van der Waals surface area contributed by atoms with Crippen LogP contribution in [0.2, 0.25) is 0 Å². The monoisotopic (exact) mass is 270 g/mol. The second kappa shape index (κ2) is 7.25. The average Bonchev–Trinajstić information content (AvgIpc) is 2.40. The third-order valence-electron chi connectivity index (χ3n) is 4.63. The van der Waals surface area contributed by atoms with Gasteiger partial charge in [0.2, 0.25) is 5.91 Å². The Morgan fingerprint density at radius 1 is 1.37 bits per heavy atom. The van der Waals surface area contributed by atoms with Crippen LogP contribution in [0.5, 0.6) is 0 Å². The Balaban J connectivity index is 2.76. The van der Waals surface area contributed by atoms with Crippen molar-refractivity contribution < 1.29 is 9.90 Å². The molecule has 1 rings (SSSR count). The average molecular weight is 270 g/mol. The van der Waals surface area contributed by atoms with Gasteiger partial charge < -0.3 is 15.7 Å². The van der Waals surface area contributed by atoms with E-state index in [0.717, 1.165) is 45.2 Å². The largest absolute Gasteiger partial charge is 0.396 e. The smallest absolute Gasteiger partial charge is 0.226 e. The molecule has 0 radical (unpaired) electrons. The highest BCUT2D eigenvalue weighted by Gasteiger charge is 2.40. The summed E-state index contributed by atoms with van der Waals surface area (Å²) in [4.78, 5) is 12.7. The summed E-state index contributed by atoms with van der Waals surface area (Å²) in [5.41, 5.74) is -0.483. The SMILES string of the molecule is CCCC1(C(=O)NC(C)(CC)CCO)CCNCC1. The molecule has 1 unspecified atom stereocenters. The molecule has 0 saturated carbocycles. The van der Waals surface area contributed by atoms with Crippen LogP contribution in [0.1, 0.15) is 59.3 Å². The lowest BCUT2D eigenvalue weighted by molar-refractivity contribution is -0.135. The topological polar surface area (TPSA) is 61.4 Å². The van der Waals surface area contributed by atoms with Gasteiger partial charge in [-0.25, -0.2) is 0 Å². The molecule has 3 N–H and O–H groups in total. The van der Waals surface area contributed by atoms with Gasteiger partial charge in [0, 0.05) is 12.1 Å². The molecular formula is C15H30N2O2. The van der Waals surface area contributed by atoms with Crippen molar-refractivity contribution in [2.75, 3.05) is 19.7 Å². The molecule has 1 saturated heterocycles. The van der Waals surface area contributed by atoms with Crippen LogP contribution in [0, 0.1) is 5.41 Å². The zero-order valence-corrected chi connectivity index (χ0v) is 12.7. The van der Waals surface area contributed by atoms with Gasteiger partial charge in [-0.3, -0.25) is 4.79 Å². The minimum atomic E-state index is -0.280. The number of carbonyl (C=O) groups is 1.